The highest BCUT2D eigenvalue weighted by Crippen LogP contribution is 2.34. The van der Waals surface area contributed by atoms with Crippen LogP contribution in [0.3, 0.4) is 0 Å². The van der Waals surface area contributed by atoms with Crippen molar-refractivity contribution in [3.05, 3.63) is 110 Å². The van der Waals surface area contributed by atoms with Crippen LogP contribution in [0.2, 0.25) is 5.02 Å². The monoisotopic (exact) mass is 561 g/mol. The van der Waals surface area contributed by atoms with E-state index in [1.54, 1.807) is 12.1 Å². The van der Waals surface area contributed by atoms with Crippen molar-refractivity contribution in [2.75, 3.05) is 31.1 Å². The first-order valence-corrected chi connectivity index (χ1v) is 13.0. The van der Waals surface area contributed by atoms with Crippen LogP contribution in [-0.4, -0.2) is 52.9 Å². The van der Waals surface area contributed by atoms with Gasteiger partial charge in [0.2, 0.25) is 0 Å². The molecule has 2 N–H and O–H groups in total. The predicted molar refractivity (Wildman–Crippen MR) is 153 cm³/mol. The maximum Gasteiger partial charge on any atom is 0.293 e. The summed E-state index contributed by atoms with van der Waals surface area (Å²) < 4.78 is 0. The smallest absolute Gasteiger partial charge is 0.293 e. The van der Waals surface area contributed by atoms with Crippen LogP contribution < -0.4 is 15.5 Å². The van der Waals surface area contributed by atoms with Gasteiger partial charge in [-0.1, -0.05) is 60.1 Å². The second-order valence-electron chi connectivity index (χ2n) is 9.19. The van der Waals surface area contributed by atoms with E-state index in [-0.39, 0.29) is 22.4 Å². The molecule has 0 bridgehead atoms. The summed E-state index contributed by atoms with van der Waals surface area (Å²) in [7, 11) is 0. The van der Waals surface area contributed by atoms with E-state index in [0.717, 1.165) is 11.1 Å². The highest BCUT2D eigenvalue weighted by molar-refractivity contribution is 7.80. The lowest BCUT2D eigenvalue weighted by atomic mass is 9.96. The van der Waals surface area contributed by atoms with Crippen molar-refractivity contribution in [1.82, 2.24) is 15.5 Å². The van der Waals surface area contributed by atoms with Crippen LogP contribution in [-0.2, 0) is 9.59 Å². The number of nitro groups is 1. The van der Waals surface area contributed by atoms with Gasteiger partial charge in [0.25, 0.3) is 17.5 Å². The van der Waals surface area contributed by atoms with E-state index in [9.17, 15) is 19.7 Å². The first kappa shape index (κ1) is 26.5. The van der Waals surface area contributed by atoms with Gasteiger partial charge in [-0.05, 0) is 53.2 Å². The highest BCUT2D eigenvalue weighted by atomic mass is 35.5. The average Bonchev–Trinajstić information content (AvgIpc) is 2.93. The van der Waals surface area contributed by atoms with Gasteiger partial charge >= 0.3 is 0 Å². The molecule has 2 amide bonds. The third-order valence-electron chi connectivity index (χ3n) is 6.77. The van der Waals surface area contributed by atoms with Crippen LogP contribution >= 0.6 is 23.8 Å². The zero-order chi connectivity index (χ0) is 27.5. The zero-order valence-electron chi connectivity index (χ0n) is 20.7. The third-order valence-corrected chi connectivity index (χ3v) is 7.23. The van der Waals surface area contributed by atoms with Gasteiger partial charge in [0.15, 0.2) is 5.11 Å². The molecule has 2 heterocycles. The Morgan fingerprint density at radius 1 is 0.897 bits per heavy atom. The number of halogens is 1. The first-order chi connectivity index (χ1) is 18.8. The summed E-state index contributed by atoms with van der Waals surface area (Å²) in [6.45, 7) is 2.54. The van der Waals surface area contributed by atoms with Crippen molar-refractivity contribution in [3.63, 3.8) is 0 Å². The molecule has 0 aliphatic carbocycles. The number of piperazine rings is 1. The van der Waals surface area contributed by atoms with Crippen molar-refractivity contribution in [2.45, 2.75) is 6.04 Å². The zero-order valence-corrected chi connectivity index (χ0v) is 22.2. The number of carbonyl (C=O) groups excluding carboxylic acids is 2. The fraction of sp³-hybridized carbons (Fsp3) is 0.179. The number of amides is 2. The molecule has 1 atom stereocenters. The Labute approximate surface area is 235 Å². The molecule has 198 valence electrons. The van der Waals surface area contributed by atoms with Crippen LogP contribution in [0.15, 0.2) is 78.4 Å². The Morgan fingerprint density at radius 3 is 2.13 bits per heavy atom. The maximum atomic E-state index is 12.2. The van der Waals surface area contributed by atoms with Gasteiger partial charge in [0.1, 0.15) is 11.3 Å². The molecule has 2 fully saturated rings. The second kappa shape index (κ2) is 11.3. The number of nitrogens with zero attached hydrogens (tertiary/aromatic N) is 3. The van der Waals surface area contributed by atoms with Crippen molar-refractivity contribution in [3.8, 4) is 0 Å². The fourth-order valence-electron chi connectivity index (χ4n) is 4.93. The summed E-state index contributed by atoms with van der Waals surface area (Å²) in [5, 5.41) is 17.3. The largest absolute Gasteiger partial charge is 0.363 e. The molecule has 9 nitrogen and oxygen atoms in total. The van der Waals surface area contributed by atoms with Crippen LogP contribution in [0, 0.1) is 10.1 Å². The van der Waals surface area contributed by atoms with Crippen LogP contribution in [0.5, 0.6) is 0 Å². The molecular weight excluding hydrogens is 538 g/mol. The van der Waals surface area contributed by atoms with Gasteiger partial charge in [0, 0.05) is 37.3 Å². The first-order valence-electron chi connectivity index (χ1n) is 12.3. The molecule has 11 heteroatoms. The van der Waals surface area contributed by atoms with Gasteiger partial charge in [-0.15, -0.1) is 0 Å². The maximum absolute atomic E-state index is 12.2. The molecule has 3 aromatic carbocycles. The van der Waals surface area contributed by atoms with Crippen molar-refractivity contribution in [2.24, 2.45) is 0 Å². The van der Waals surface area contributed by atoms with Crippen molar-refractivity contribution < 1.29 is 14.5 Å². The van der Waals surface area contributed by atoms with E-state index < -0.39 is 16.7 Å². The Balaban J connectivity index is 1.37. The summed E-state index contributed by atoms with van der Waals surface area (Å²) in [5.74, 6) is -1.31. The molecule has 39 heavy (non-hydrogen) atoms. The van der Waals surface area contributed by atoms with E-state index in [4.69, 9.17) is 23.8 Å². The molecule has 0 spiro atoms. The fourth-order valence-corrected chi connectivity index (χ4v) is 5.24. The number of hydrogen-bond donors (Lipinski definition) is 2. The minimum absolute atomic E-state index is 0.0234. The molecule has 1 unspecified atom stereocenters. The summed E-state index contributed by atoms with van der Waals surface area (Å²) in [6, 6.07) is 22.8. The minimum Gasteiger partial charge on any atom is -0.363 e. The van der Waals surface area contributed by atoms with E-state index >= 15 is 0 Å². The molecule has 3 aromatic rings. The van der Waals surface area contributed by atoms with Crippen molar-refractivity contribution in [1.29, 1.82) is 0 Å². The van der Waals surface area contributed by atoms with Crippen LogP contribution in [0.4, 0.5) is 11.4 Å². The summed E-state index contributed by atoms with van der Waals surface area (Å²) in [5.41, 5.74) is 2.87. The van der Waals surface area contributed by atoms with Gasteiger partial charge < -0.3 is 4.90 Å². The number of carbonyl (C=O) groups is 2. The number of benzene rings is 3. The topological polar surface area (TPSA) is 108 Å². The van der Waals surface area contributed by atoms with Gasteiger partial charge in [0.05, 0.1) is 11.0 Å². The molecule has 0 radical (unpaired) electrons. The number of anilines is 1. The lowest BCUT2D eigenvalue weighted by Gasteiger charge is -2.40. The summed E-state index contributed by atoms with van der Waals surface area (Å²) in [4.78, 5) is 40.3. The molecule has 0 saturated carbocycles. The Bertz CT molecular complexity index is 1450. The van der Waals surface area contributed by atoms with E-state index in [1.165, 1.54) is 12.1 Å². The number of rotatable bonds is 6. The highest BCUT2D eigenvalue weighted by Gasteiger charge is 2.30. The SMILES string of the molecule is O=C1NC(=S)NC(=O)C1=Cc1ccc(N2CCN(C(c3ccccc3)c3ccc(Cl)cc3)CC2)c([N+](=O)[O-])c1. The van der Waals surface area contributed by atoms with Crippen molar-refractivity contribution >= 4 is 58.2 Å². The quantitative estimate of drug-likeness (QED) is 0.153. The number of hydrogen-bond acceptors (Lipinski definition) is 7. The molecule has 2 aliphatic heterocycles. The normalized spacial score (nSPS) is 16.9. The lowest BCUT2D eigenvalue weighted by Crippen LogP contribution is -2.51. The third kappa shape index (κ3) is 5.83. The van der Waals surface area contributed by atoms with Gasteiger partial charge in [-0.2, -0.15) is 0 Å². The molecular formula is C28H24ClN5O4S. The lowest BCUT2D eigenvalue weighted by molar-refractivity contribution is -0.384. The summed E-state index contributed by atoms with van der Waals surface area (Å²) >= 11 is 10.9. The van der Waals surface area contributed by atoms with Crippen LogP contribution in [0.1, 0.15) is 22.7 Å². The van der Waals surface area contributed by atoms with Crippen LogP contribution in [0.25, 0.3) is 6.08 Å². The second-order valence-corrected chi connectivity index (χ2v) is 10.0. The molecule has 0 aromatic heterocycles. The standard InChI is InChI=1S/C28H24ClN5O4S/c29-21-9-7-20(8-10-21)25(19-4-2-1-3-5-19)33-14-12-32(13-15-33)23-11-6-18(17-24(23)34(37)38)16-22-26(35)30-28(39)31-27(22)36/h1-11,16-17,25H,12-15H2,(H2,30,31,35,36,39). The number of thiocarbonyl (C=S) groups is 1. The number of nitrogens with one attached hydrogen (secondary N) is 2. The van der Waals surface area contributed by atoms with E-state index in [1.807, 2.05) is 47.4 Å². The van der Waals surface area contributed by atoms with E-state index in [2.05, 4.69) is 27.7 Å². The predicted octanol–water partition coefficient (Wildman–Crippen LogP) is 4.07. The number of nitro benzene ring substituents is 1. The molecule has 5 rings (SSSR count). The Morgan fingerprint density at radius 2 is 1.51 bits per heavy atom. The average molecular weight is 562 g/mol. The van der Waals surface area contributed by atoms with Gasteiger partial charge in [-0.25, -0.2) is 0 Å². The van der Waals surface area contributed by atoms with Gasteiger partial charge in [-0.3, -0.25) is 35.2 Å². The minimum atomic E-state index is -0.653. The molecule has 2 saturated heterocycles. The summed E-state index contributed by atoms with van der Waals surface area (Å²) in [6.07, 6.45) is 1.32. The Kier molecular flexibility index (Phi) is 7.69. The van der Waals surface area contributed by atoms with E-state index in [0.29, 0.717) is 42.5 Å². The molecule has 2 aliphatic rings. The Hall–Kier alpha value is -4.12.